The van der Waals surface area contributed by atoms with Crippen LogP contribution in [0, 0.1) is 0 Å². The molecule has 1 N–H and O–H groups in total. The van der Waals surface area contributed by atoms with Gasteiger partial charge < -0.3 is 9.32 Å². The molecule has 0 unspecified atom stereocenters. The van der Waals surface area contributed by atoms with Crippen LogP contribution in [0.15, 0.2) is 28.9 Å². The molecule has 0 saturated carbocycles. The number of fused-ring (bicyclic) bond motifs is 1. The van der Waals surface area contributed by atoms with Gasteiger partial charge in [-0.05, 0) is 38.2 Å². The van der Waals surface area contributed by atoms with Crippen LogP contribution in [0.3, 0.4) is 0 Å². The first-order chi connectivity index (χ1) is 9.61. The van der Waals surface area contributed by atoms with Crippen molar-refractivity contribution in [1.29, 1.82) is 0 Å². The topological polar surface area (TPSA) is 54.7 Å². The largest absolute Gasteiger partial charge is 0.463 e. The molecule has 5 nitrogen and oxygen atoms in total. The molecule has 1 heterocycles. The summed E-state index contributed by atoms with van der Waals surface area (Å²) in [5, 5.41) is 0.818. The zero-order valence-corrected chi connectivity index (χ0v) is 12.1. The summed E-state index contributed by atoms with van der Waals surface area (Å²) in [7, 11) is 3.89. The predicted molar refractivity (Wildman–Crippen MR) is 77.6 cm³/mol. The molecule has 0 spiro atoms. The highest BCUT2D eigenvalue weighted by molar-refractivity contribution is 6.05. The molecular formula is C15H20N2O3. The molecule has 0 aliphatic heterocycles. The Labute approximate surface area is 118 Å². The summed E-state index contributed by atoms with van der Waals surface area (Å²) in [6.07, 6.45) is 2.39. The second kappa shape index (κ2) is 6.54. The summed E-state index contributed by atoms with van der Waals surface area (Å²) in [5.74, 6) is -0.282. The van der Waals surface area contributed by atoms with Crippen molar-refractivity contribution in [3.8, 4) is 0 Å². The molecule has 2 rings (SSSR count). The molecule has 0 saturated heterocycles. The molecule has 1 amide bonds. The lowest BCUT2D eigenvalue weighted by atomic mass is 10.1. The number of carbonyl (C=O) groups is 1. The number of likely N-dealkylation sites (N-methyl/N-ethyl adjacent to an activating group) is 1. The van der Waals surface area contributed by atoms with E-state index in [2.05, 4.69) is 12.4 Å². The first-order valence-corrected chi connectivity index (χ1v) is 6.68. The molecule has 20 heavy (non-hydrogen) atoms. The van der Waals surface area contributed by atoms with Gasteiger partial charge in [0.15, 0.2) is 0 Å². The van der Waals surface area contributed by atoms with Crippen molar-refractivity contribution >= 4 is 16.9 Å². The van der Waals surface area contributed by atoms with Crippen molar-refractivity contribution in [2.75, 3.05) is 27.2 Å². The number of benzene rings is 1. The van der Waals surface area contributed by atoms with E-state index in [1.54, 1.807) is 0 Å². The van der Waals surface area contributed by atoms with E-state index in [0.717, 1.165) is 18.4 Å². The number of furan rings is 1. The Kier molecular flexibility index (Phi) is 4.76. The van der Waals surface area contributed by atoms with E-state index in [4.69, 9.17) is 9.25 Å². The fourth-order valence-corrected chi connectivity index (χ4v) is 1.87. The maximum atomic E-state index is 12.1. The van der Waals surface area contributed by atoms with E-state index < -0.39 is 0 Å². The number of hydrogen-bond acceptors (Lipinski definition) is 4. The van der Waals surface area contributed by atoms with E-state index >= 15 is 0 Å². The molecule has 1 aromatic carbocycles. The Hall–Kier alpha value is -1.85. The maximum Gasteiger partial charge on any atom is 0.278 e. The van der Waals surface area contributed by atoms with Crippen molar-refractivity contribution in [1.82, 2.24) is 10.4 Å². The number of hydroxylamine groups is 1. The van der Waals surface area contributed by atoms with Crippen LogP contribution in [0.25, 0.3) is 11.0 Å². The lowest BCUT2D eigenvalue weighted by Crippen LogP contribution is -2.28. The monoisotopic (exact) mass is 276 g/mol. The lowest BCUT2D eigenvalue weighted by molar-refractivity contribution is 0.0264. The highest BCUT2D eigenvalue weighted by Crippen LogP contribution is 2.22. The molecule has 0 atom stereocenters. The number of hydrogen-bond donors (Lipinski definition) is 1. The number of nitrogens with zero attached hydrogens (tertiary/aromatic N) is 1. The van der Waals surface area contributed by atoms with E-state index in [9.17, 15) is 4.79 Å². The summed E-state index contributed by atoms with van der Waals surface area (Å²) in [5.41, 5.74) is 4.82. The second-order valence-electron chi connectivity index (χ2n) is 4.92. The van der Waals surface area contributed by atoms with Crippen molar-refractivity contribution in [3.05, 3.63) is 35.6 Å². The predicted octanol–water partition coefficient (Wildman–Crippen LogP) is 2.22. The van der Waals surface area contributed by atoms with Gasteiger partial charge in [-0.15, -0.1) is 0 Å². The summed E-state index contributed by atoms with van der Waals surface area (Å²) >= 11 is 0. The van der Waals surface area contributed by atoms with Crippen molar-refractivity contribution in [2.24, 2.45) is 0 Å². The maximum absolute atomic E-state index is 12.1. The molecule has 0 bridgehead atoms. The van der Waals surface area contributed by atoms with Gasteiger partial charge in [0, 0.05) is 11.9 Å². The van der Waals surface area contributed by atoms with E-state index in [1.807, 2.05) is 37.2 Å². The minimum absolute atomic E-state index is 0.282. The Balaban J connectivity index is 2.06. The first kappa shape index (κ1) is 14.6. The highest BCUT2D eigenvalue weighted by Gasteiger charge is 2.14. The standard InChI is InChI=1S/C15H20N2O3/c1-4-11-5-6-14-12(9-11)13(10-19-14)15(18)16-20-8-7-17(2)3/h5-6,9-10H,4,7-8H2,1-3H3,(H,16,18). The average Bonchev–Trinajstić information content (AvgIpc) is 2.86. The lowest BCUT2D eigenvalue weighted by Gasteiger charge is -2.09. The summed E-state index contributed by atoms with van der Waals surface area (Å²) < 4.78 is 5.39. The molecule has 0 radical (unpaired) electrons. The highest BCUT2D eigenvalue weighted by atomic mass is 16.7. The van der Waals surface area contributed by atoms with Gasteiger partial charge in [-0.25, -0.2) is 5.48 Å². The van der Waals surface area contributed by atoms with Crippen LogP contribution < -0.4 is 5.48 Å². The van der Waals surface area contributed by atoms with Crippen LogP contribution >= 0.6 is 0 Å². The Bertz CT molecular complexity index is 590. The average molecular weight is 276 g/mol. The minimum atomic E-state index is -0.282. The molecule has 5 heteroatoms. The van der Waals surface area contributed by atoms with E-state index in [1.165, 1.54) is 11.8 Å². The molecule has 0 fully saturated rings. The molecule has 108 valence electrons. The van der Waals surface area contributed by atoms with E-state index in [0.29, 0.717) is 17.8 Å². The Morgan fingerprint density at radius 3 is 2.90 bits per heavy atom. The minimum Gasteiger partial charge on any atom is -0.463 e. The number of carbonyl (C=O) groups excluding carboxylic acids is 1. The summed E-state index contributed by atoms with van der Waals surface area (Å²) in [6, 6.07) is 5.87. The van der Waals surface area contributed by atoms with Gasteiger partial charge in [-0.3, -0.25) is 9.63 Å². The van der Waals surface area contributed by atoms with Crippen LogP contribution in [-0.4, -0.2) is 38.1 Å². The third-order valence-corrected chi connectivity index (χ3v) is 3.10. The van der Waals surface area contributed by atoms with Crippen LogP contribution in [0.4, 0.5) is 0 Å². The fourth-order valence-electron chi connectivity index (χ4n) is 1.87. The third kappa shape index (κ3) is 3.37. The zero-order valence-electron chi connectivity index (χ0n) is 12.1. The molecular weight excluding hydrogens is 256 g/mol. The second-order valence-corrected chi connectivity index (χ2v) is 4.92. The van der Waals surface area contributed by atoms with Crippen molar-refractivity contribution in [3.63, 3.8) is 0 Å². The number of rotatable bonds is 6. The van der Waals surface area contributed by atoms with Crippen molar-refractivity contribution < 1.29 is 14.0 Å². The number of amides is 1. The van der Waals surface area contributed by atoms with Gasteiger partial charge >= 0.3 is 0 Å². The van der Waals surface area contributed by atoms with Gasteiger partial charge in [-0.1, -0.05) is 13.0 Å². The molecule has 0 aliphatic carbocycles. The van der Waals surface area contributed by atoms with Crippen LogP contribution in [0.1, 0.15) is 22.8 Å². The zero-order chi connectivity index (χ0) is 14.5. The van der Waals surface area contributed by atoms with Gasteiger partial charge in [-0.2, -0.15) is 0 Å². The third-order valence-electron chi connectivity index (χ3n) is 3.10. The van der Waals surface area contributed by atoms with Gasteiger partial charge in [0.05, 0.1) is 12.2 Å². The molecule has 0 aliphatic rings. The van der Waals surface area contributed by atoms with Gasteiger partial charge in [0.1, 0.15) is 11.8 Å². The first-order valence-electron chi connectivity index (χ1n) is 6.68. The summed E-state index contributed by atoms with van der Waals surface area (Å²) in [4.78, 5) is 19.2. The Morgan fingerprint density at radius 1 is 1.40 bits per heavy atom. The molecule has 1 aromatic heterocycles. The summed E-state index contributed by atoms with van der Waals surface area (Å²) in [6.45, 7) is 3.26. The van der Waals surface area contributed by atoms with E-state index in [-0.39, 0.29) is 5.91 Å². The van der Waals surface area contributed by atoms with Crippen LogP contribution in [0.2, 0.25) is 0 Å². The normalized spacial score (nSPS) is 11.2. The SMILES string of the molecule is CCc1ccc2occ(C(=O)NOCCN(C)C)c2c1. The fraction of sp³-hybridized carbons (Fsp3) is 0.400. The number of aryl methyl sites for hydroxylation is 1. The number of nitrogens with one attached hydrogen (secondary N) is 1. The van der Waals surface area contributed by atoms with Crippen LogP contribution in [-0.2, 0) is 11.3 Å². The molecule has 2 aromatic rings. The van der Waals surface area contributed by atoms with Gasteiger partial charge in [0.25, 0.3) is 5.91 Å². The smallest absolute Gasteiger partial charge is 0.278 e. The Morgan fingerprint density at radius 2 is 2.20 bits per heavy atom. The van der Waals surface area contributed by atoms with Crippen LogP contribution in [0.5, 0.6) is 0 Å². The van der Waals surface area contributed by atoms with Gasteiger partial charge in [0.2, 0.25) is 0 Å². The van der Waals surface area contributed by atoms with Crippen molar-refractivity contribution in [2.45, 2.75) is 13.3 Å². The quantitative estimate of drug-likeness (QED) is 0.649.